The molecule has 0 saturated carbocycles. The van der Waals surface area contributed by atoms with E-state index in [2.05, 4.69) is 4.72 Å². The first-order valence-corrected chi connectivity index (χ1v) is 7.63. The largest absolute Gasteiger partial charge is 0.481 e. The van der Waals surface area contributed by atoms with Gasteiger partial charge in [-0.2, -0.15) is 0 Å². The fraction of sp³-hybridized carbons (Fsp3) is 0.462. The van der Waals surface area contributed by atoms with Gasteiger partial charge in [-0.1, -0.05) is 30.3 Å². The lowest BCUT2D eigenvalue weighted by Gasteiger charge is -2.19. The van der Waals surface area contributed by atoms with Crippen LogP contribution in [-0.4, -0.2) is 31.8 Å². The van der Waals surface area contributed by atoms with Crippen LogP contribution in [0.25, 0.3) is 0 Å². The van der Waals surface area contributed by atoms with Gasteiger partial charge < -0.3 is 5.11 Å². The van der Waals surface area contributed by atoms with Crippen molar-refractivity contribution in [1.29, 1.82) is 0 Å². The molecule has 2 N–H and O–H groups in total. The Morgan fingerprint density at radius 3 is 2.37 bits per heavy atom. The third kappa shape index (κ3) is 5.40. The zero-order valence-corrected chi connectivity index (χ0v) is 11.9. The fourth-order valence-electron chi connectivity index (χ4n) is 1.34. The van der Waals surface area contributed by atoms with Crippen LogP contribution in [0.4, 0.5) is 0 Å². The molecule has 1 aromatic carbocycles. The molecule has 0 aliphatic rings. The van der Waals surface area contributed by atoms with Crippen molar-refractivity contribution in [2.24, 2.45) is 5.41 Å². The second-order valence-electron chi connectivity index (χ2n) is 5.06. The minimum absolute atomic E-state index is 0.0489. The second-order valence-corrected chi connectivity index (χ2v) is 6.99. The molecular weight excluding hydrogens is 266 g/mol. The minimum atomic E-state index is -3.46. The number of aryl methyl sites for hydroxylation is 1. The summed E-state index contributed by atoms with van der Waals surface area (Å²) in [4.78, 5) is 10.9. The van der Waals surface area contributed by atoms with E-state index in [9.17, 15) is 13.2 Å². The fourth-order valence-corrected chi connectivity index (χ4v) is 2.56. The molecular formula is C13H19NO4S. The number of carboxylic acids is 1. The van der Waals surface area contributed by atoms with Crippen LogP contribution in [0.2, 0.25) is 0 Å². The number of carboxylic acid groups (broad SMARTS) is 1. The maximum atomic E-state index is 11.8. The van der Waals surface area contributed by atoms with Crippen LogP contribution in [-0.2, 0) is 21.2 Å². The van der Waals surface area contributed by atoms with Crippen molar-refractivity contribution >= 4 is 16.0 Å². The number of hydrogen-bond donors (Lipinski definition) is 2. The SMILES string of the molecule is CC(C)(CNS(=O)(=O)CCc1ccccc1)C(=O)O. The normalized spacial score (nSPS) is 12.3. The van der Waals surface area contributed by atoms with Gasteiger partial charge in [0.25, 0.3) is 0 Å². The quantitative estimate of drug-likeness (QED) is 0.790. The number of rotatable bonds is 7. The maximum absolute atomic E-state index is 11.8. The van der Waals surface area contributed by atoms with Crippen molar-refractivity contribution in [3.05, 3.63) is 35.9 Å². The average molecular weight is 285 g/mol. The van der Waals surface area contributed by atoms with Crippen molar-refractivity contribution in [3.63, 3.8) is 0 Å². The van der Waals surface area contributed by atoms with Crippen LogP contribution in [0.1, 0.15) is 19.4 Å². The van der Waals surface area contributed by atoms with Crippen molar-refractivity contribution in [2.45, 2.75) is 20.3 Å². The molecule has 0 amide bonds. The molecule has 0 saturated heterocycles. The smallest absolute Gasteiger partial charge is 0.310 e. The number of benzene rings is 1. The molecule has 106 valence electrons. The van der Waals surface area contributed by atoms with Gasteiger partial charge in [0.2, 0.25) is 10.0 Å². The summed E-state index contributed by atoms with van der Waals surface area (Å²) in [5, 5.41) is 8.91. The lowest BCUT2D eigenvalue weighted by Crippen LogP contribution is -2.40. The van der Waals surface area contributed by atoms with Gasteiger partial charge in [-0.15, -0.1) is 0 Å². The Bertz CT molecular complexity index is 523. The highest BCUT2D eigenvalue weighted by atomic mass is 32.2. The Balaban J connectivity index is 2.51. The molecule has 6 heteroatoms. The van der Waals surface area contributed by atoms with Gasteiger partial charge in [-0.05, 0) is 25.8 Å². The Morgan fingerprint density at radius 1 is 1.26 bits per heavy atom. The van der Waals surface area contributed by atoms with E-state index in [0.29, 0.717) is 6.42 Å². The third-order valence-electron chi connectivity index (χ3n) is 2.82. The number of nitrogens with one attached hydrogen (secondary N) is 1. The van der Waals surface area contributed by atoms with E-state index in [1.165, 1.54) is 13.8 Å². The van der Waals surface area contributed by atoms with Gasteiger partial charge in [0.05, 0.1) is 11.2 Å². The molecule has 1 aromatic rings. The van der Waals surface area contributed by atoms with E-state index in [-0.39, 0.29) is 12.3 Å². The predicted molar refractivity (Wildman–Crippen MR) is 73.4 cm³/mol. The molecule has 0 fully saturated rings. The Hall–Kier alpha value is -1.40. The van der Waals surface area contributed by atoms with Crippen molar-refractivity contribution < 1.29 is 18.3 Å². The molecule has 1 rings (SSSR count). The van der Waals surface area contributed by atoms with Gasteiger partial charge in [0, 0.05) is 6.54 Å². The van der Waals surface area contributed by atoms with E-state index in [4.69, 9.17) is 5.11 Å². The van der Waals surface area contributed by atoms with Crippen LogP contribution < -0.4 is 4.72 Å². The first kappa shape index (κ1) is 15.7. The molecule has 5 nitrogen and oxygen atoms in total. The first-order chi connectivity index (χ1) is 8.73. The topological polar surface area (TPSA) is 83.5 Å². The summed E-state index contributed by atoms with van der Waals surface area (Å²) >= 11 is 0. The molecule has 0 unspecified atom stereocenters. The lowest BCUT2D eigenvalue weighted by molar-refractivity contribution is -0.146. The van der Waals surface area contributed by atoms with Crippen molar-refractivity contribution in [3.8, 4) is 0 Å². The summed E-state index contributed by atoms with van der Waals surface area (Å²) in [5.74, 6) is -1.08. The van der Waals surface area contributed by atoms with Gasteiger partial charge >= 0.3 is 5.97 Å². The number of hydrogen-bond acceptors (Lipinski definition) is 3. The number of aliphatic carboxylic acids is 1. The Kier molecular flexibility index (Phi) is 5.08. The van der Waals surface area contributed by atoms with Gasteiger partial charge in [0.15, 0.2) is 0 Å². The average Bonchev–Trinajstić information content (AvgIpc) is 2.36. The van der Waals surface area contributed by atoms with Gasteiger partial charge in [0.1, 0.15) is 0 Å². The number of sulfonamides is 1. The van der Waals surface area contributed by atoms with E-state index in [1.807, 2.05) is 30.3 Å². The molecule has 0 aliphatic carbocycles. The third-order valence-corrected chi connectivity index (χ3v) is 4.14. The zero-order valence-electron chi connectivity index (χ0n) is 11.1. The van der Waals surface area contributed by atoms with Crippen LogP contribution in [0.5, 0.6) is 0 Å². The molecule has 0 atom stereocenters. The summed E-state index contributed by atoms with van der Waals surface area (Å²) in [6.07, 6.45) is 0.406. The second kappa shape index (κ2) is 6.16. The standard InChI is InChI=1S/C13H19NO4S/c1-13(2,12(15)16)10-14-19(17,18)9-8-11-6-4-3-5-7-11/h3-7,14H,8-10H2,1-2H3,(H,15,16). The van der Waals surface area contributed by atoms with Gasteiger partial charge in [-0.25, -0.2) is 13.1 Å². The summed E-state index contributed by atoms with van der Waals surface area (Å²) < 4.78 is 25.9. The summed E-state index contributed by atoms with van der Waals surface area (Å²) in [7, 11) is -3.46. The Labute approximate surface area is 113 Å². The summed E-state index contributed by atoms with van der Waals surface area (Å²) in [6.45, 7) is 2.85. The molecule has 0 aromatic heterocycles. The minimum Gasteiger partial charge on any atom is -0.481 e. The monoisotopic (exact) mass is 285 g/mol. The predicted octanol–water partition coefficient (Wildman–Crippen LogP) is 1.26. The van der Waals surface area contributed by atoms with E-state index >= 15 is 0 Å². The molecule has 0 bridgehead atoms. The molecule has 0 aliphatic heterocycles. The van der Waals surface area contributed by atoms with Crippen molar-refractivity contribution in [2.75, 3.05) is 12.3 Å². The van der Waals surface area contributed by atoms with Crippen LogP contribution in [0, 0.1) is 5.41 Å². The highest BCUT2D eigenvalue weighted by Gasteiger charge is 2.28. The highest BCUT2D eigenvalue weighted by Crippen LogP contribution is 2.13. The first-order valence-electron chi connectivity index (χ1n) is 5.98. The number of carbonyl (C=O) groups is 1. The lowest BCUT2D eigenvalue weighted by atomic mass is 9.95. The van der Waals surface area contributed by atoms with E-state index in [0.717, 1.165) is 5.56 Å². The molecule has 19 heavy (non-hydrogen) atoms. The van der Waals surface area contributed by atoms with E-state index in [1.54, 1.807) is 0 Å². The molecule has 0 spiro atoms. The highest BCUT2D eigenvalue weighted by molar-refractivity contribution is 7.89. The maximum Gasteiger partial charge on any atom is 0.310 e. The van der Waals surface area contributed by atoms with Crippen LogP contribution in [0.15, 0.2) is 30.3 Å². The zero-order chi connectivity index (χ0) is 14.5. The van der Waals surface area contributed by atoms with Crippen LogP contribution >= 0.6 is 0 Å². The van der Waals surface area contributed by atoms with E-state index < -0.39 is 21.4 Å². The summed E-state index contributed by atoms with van der Waals surface area (Å²) in [6, 6.07) is 9.28. The van der Waals surface area contributed by atoms with Crippen LogP contribution in [0.3, 0.4) is 0 Å². The molecule has 0 radical (unpaired) electrons. The summed E-state index contributed by atoms with van der Waals surface area (Å²) in [5.41, 5.74) is -0.176. The van der Waals surface area contributed by atoms with Crippen molar-refractivity contribution in [1.82, 2.24) is 4.72 Å². The van der Waals surface area contributed by atoms with Gasteiger partial charge in [-0.3, -0.25) is 4.79 Å². The Morgan fingerprint density at radius 2 is 1.84 bits per heavy atom. The molecule has 0 heterocycles.